The molecular formula is C13H16BrNO5. The third-order valence-corrected chi connectivity index (χ3v) is 3.35. The molecular weight excluding hydrogens is 330 g/mol. The number of esters is 1. The molecule has 20 heavy (non-hydrogen) atoms. The number of methoxy groups -OCH3 is 1. The summed E-state index contributed by atoms with van der Waals surface area (Å²) >= 11 is 3.28. The monoisotopic (exact) mass is 345 g/mol. The van der Waals surface area contributed by atoms with E-state index in [1.807, 2.05) is 0 Å². The number of hydrogen-bond acceptors (Lipinski definition) is 5. The molecule has 0 radical (unpaired) electrons. The van der Waals surface area contributed by atoms with Crippen molar-refractivity contribution in [3.05, 3.63) is 28.2 Å². The maximum absolute atomic E-state index is 11.8. The van der Waals surface area contributed by atoms with Gasteiger partial charge in [0.15, 0.2) is 6.04 Å². The fraction of sp³-hybridized carbons (Fsp3) is 0.385. The molecule has 1 rings (SSSR count). The van der Waals surface area contributed by atoms with Crippen LogP contribution >= 0.6 is 15.9 Å². The Labute approximate surface area is 125 Å². The first kappa shape index (κ1) is 16.5. The van der Waals surface area contributed by atoms with E-state index in [9.17, 15) is 14.7 Å². The summed E-state index contributed by atoms with van der Waals surface area (Å²) in [6.45, 7) is 1.80. The van der Waals surface area contributed by atoms with Crippen molar-refractivity contribution in [3.8, 4) is 5.75 Å². The summed E-state index contributed by atoms with van der Waals surface area (Å²) < 4.78 is 10.5. The van der Waals surface area contributed by atoms with E-state index >= 15 is 0 Å². The summed E-state index contributed by atoms with van der Waals surface area (Å²) in [7, 11) is 1.49. The van der Waals surface area contributed by atoms with Gasteiger partial charge < -0.3 is 19.9 Å². The second-order valence-electron chi connectivity index (χ2n) is 3.85. The molecule has 0 saturated carbocycles. The van der Waals surface area contributed by atoms with Gasteiger partial charge in [-0.3, -0.25) is 4.79 Å². The van der Waals surface area contributed by atoms with Crippen LogP contribution in [-0.2, 0) is 14.3 Å². The van der Waals surface area contributed by atoms with Crippen LogP contribution in [0.2, 0.25) is 0 Å². The van der Waals surface area contributed by atoms with Crippen LogP contribution in [0.1, 0.15) is 18.6 Å². The van der Waals surface area contributed by atoms with Crippen LogP contribution in [-0.4, -0.2) is 37.2 Å². The first-order chi connectivity index (χ1) is 9.54. The molecule has 2 atom stereocenters. The number of aliphatic hydroxyl groups is 1. The number of amides is 1. The van der Waals surface area contributed by atoms with Crippen LogP contribution in [0, 0.1) is 0 Å². The number of nitrogens with one attached hydrogen (secondary N) is 1. The number of benzene rings is 1. The molecule has 0 saturated heterocycles. The molecule has 0 fully saturated rings. The summed E-state index contributed by atoms with van der Waals surface area (Å²) in [5.74, 6) is -0.183. The van der Waals surface area contributed by atoms with Crippen molar-refractivity contribution in [3.63, 3.8) is 0 Å². The molecule has 1 aromatic rings. The Morgan fingerprint density at radius 1 is 1.55 bits per heavy atom. The van der Waals surface area contributed by atoms with Gasteiger partial charge in [0.25, 0.3) is 0 Å². The number of ether oxygens (including phenoxy) is 2. The van der Waals surface area contributed by atoms with Gasteiger partial charge in [-0.15, -0.1) is 0 Å². The highest BCUT2D eigenvalue weighted by molar-refractivity contribution is 9.10. The molecule has 110 valence electrons. The molecule has 6 nitrogen and oxygen atoms in total. The fourth-order valence-corrected chi connectivity index (χ4v) is 2.13. The van der Waals surface area contributed by atoms with Crippen molar-refractivity contribution in [2.24, 2.45) is 0 Å². The predicted molar refractivity (Wildman–Crippen MR) is 75.3 cm³/mol. The molecule has 0 aromatic heterocycles. The number of aliphatic hydroxyl groups excluding tert-OH is 1. The third-order valence-electron chi connectivity index (χ3n) is 2.63. The zero-order valence-electron chi connectivity index (χ0n) is 11.1. The Hall–Kier alpha value is -1.60. The average Bonchev–Trinajstić information content (AvgIpc) is 2.44. The van der Waals surface area contributed by atoms with Crippen molar-refractivity contribution >= 4 is 28.3 Å². The number of rotatable bonds is 7. The SMILES string of the molecule is CCOC(=O)C(NC=O)C(O)c1cc(OC)ccc1Br. The van der Waals surface area contributed by atoms with Crippen molar-refractivity contribution < 1.29 is 24.2 Å². The zero-order valence-corrected chi connectivity index (χ0v) is 12.7. The molecule has 2 N–H and O–H groups in total. The van der Waals surface area contributed by atoms with E-state index in [2.05, 4.69) is 21.2 Å². The smallest absolute Gasteiger partial charge is 0.331 e. The molecule has 1 amide bonds. The zero-order chi connectivity index (χ0) is 15.1. The fourth-order valence-electron chi connectivity index (χ4n) is 1.65. The van der Waals surface area contributed by atoms with E-state index < -0.39 is 18.1 Å². The maximum Gasteiger partial charge on any atom is 0.331 e. The summed E-state index contributed by atoms with van der Waals surface area (Å²) in [5, 5.41) is 12.6. The summed E-state index contributed by atoms with van der Waals surface area (Å²) in [6, 6.07) is 3.77. The van der Waals surface area contributed by atoms with Crippen LogP contribution in [0.4, 0.5) is 0 Å². The summed E-state index contributed by atoms with van der Waals surface area (Å²) in [5.41, 5.74) is 0.414. The van der Waals surface area contributed by atoms with Gasteiger partial charge >= 0.3 is 5.97 Å². The first-order valence-corrected chi connectivity index (χ1v) is 6.72. The standard InChI is InChI=1S/C13H16BrNO5/c1-3-20-13(18)11(15-7-16)12(17)9-6-8(19-2)4-5-10(9)14/h4-7,11-12,17H,3H2,1-2H3,(H,15,16). The van der Waals surface area contributed by atoms with Gasteiger partial charge in [0, 0.05) is 10.0 Å². The van der Waals surface area contributed by atoms with E-state index in [1.165, 1.54) is 7.11 Å². The summed E-state index contributed by atoms with van der Waals surface area (Å²) in [4.78, 5) is 22.4. The second-order valence-corrected chi connectivity index (χ2v) is 4.70. The van der Waals surface area contributed by atoms with E-state index in [-0.39, 0.29) is 6.61 Å². The highest BCUT2D eigenvalue weighted by Gasteiger charge is 2.30. The summed E-state index contributed by atoms with van der Waals surface area (Å²) in [6.07, 6.45) is -0.914. The molecule has 0 bridgehead atoms. The average molecular weight is 346 g/mol. The normalized spacial score (nSPS) is 13.2. The third kappa shape index (κ3) is 3.94. The Kier molecular flexibility index (Phi) is 6.47. The lowest BCUT2D eigenvalue weighted by molar-refractivity contribution is -0.149. The van der Waals surface area contributed by atoms with Crippen molar-refractivity contribution in [2.45, 2.75) is 19.1 Å². The Bertz CT molecular complexity index is 480. The Morgan fingerprint density at radius 3 is 2.80 bits per heavy atom. The van der Waals surface area contributed by atoms with E-state index in [0.717, 1.165) is 0 Å². The highest BCUT2D eigenvalue weighted by Crippen LogP contribution is 2.29. The van der Waals surface area contributed by atoms with Gasteiger partial charge in [-0.05, 0) is 25.1 Å². The van der Waals surface area contributed by atoms with Crippen LogP contribution < -0.4 is 10.1 Å². The molecule has 0 heterocycles. The maximum atomic E-state index is 11.8. The minimum atomic E-state index is -1.26. The van der Waals surface area contributed by atoms with Crippen LogP contribution in [0.5, 0.6) is 5.75 Å². The van der Waals surface area contributed by atoms with Crippen LogP contribution in [0.3, 0.4) is 0 Å². The van der Waals surface area contributed by atoms with Crippen molar-refractivity contribution in [1.82, 2.24) is 5.32 Å². The van der Waals surface area contributed by atoms with Crippen LogP contribution in [0.15, 0.2) is 22.7 Å². The van der Waals surface area contributed by atoms with Gasteiger partial charge in [0.1, 0.15) is 11.9 Å². The van der Waals surface area contributed by atoms with E-state index in [1.54, 1.807) is 25.1 Å². The quantitative estimate of drug-likeness (QED) is 0.572. The molecule has 7 heteroatoms. The van der Waals surface area contributed by atoms with E-state index in [0.29, 0.717) is 22.2 Å². The highest BCUT2D eigenvalue weighted by atomic mass is 79.9. The second kappa shape index (κ2) is 7.86. The van der Waals surface area contributed by atoms with Gasteiger partial charge in [-0.1, -0.05) is 15.9 Å². The number of hydrogen-bond donors (Lipinski definition) is 2. The predicted octanol–water partition coefficient (Wildman–Crippen LogP) is 1.17. The van der Waals surface area contributed by atoms with Crippen LogP contribution in [0.25, 0.3) is 0 Å². The minimum absolute atomic E-state index is 0.155. The largest absolute Gasteiger partial charge is 0.497 e. The lowest BCUT2D eigenvalue weighted by atomic mass is 10.0. The molecule has 0 aliphatic carbocycles. The van der Waals surface area contributed by atoms with Gasteiger partial charge in [-0.25, -0.2) is 4.79 Å². The lowest BCUT2D eigenvalue weighted by Gasteiger charge is -2.22. The Morgan fingerprint density at radius 2 is 2.25 bits per heavy atom. The number of carbonyl (C=O) groups is 2. The molecule has 0 aliphatic rings. The topological polar surface area (TPSA) is 84.9 Å². The molecule has 0 aliphatic heterocycles. The molecule has 0 spiro atoms. The van der Waals surface area contributed by atoms with Crippen molar-refractivity contribution in [1.29, 1.82) is 0 Å². The van der Waals surface area contributed by atoms with Gasteiger partial charge in [0.05, 0.1) is 13.7 Å². The minimum Gasteiger partial charge on any atom is -0.497 e. The van der Waals surface area contributed by atoms with Gasteiger partial charge in [0.2, 0.25) is 6.41 Å². The Balaban J connectivity index is 3.07. The first-order valence-electron chi connectivity index (χ1n) is 5.93. The van der Waals surface area contributed by atoms with Crippen molar-refractivity contribution in [2.75, 3.05) is 13.7 Å². The molecule has 1 aromatic carbocycles. The van der Waals surface area contributed by atoms with Gasteiger partial charge in [-0.2, -0.15) is 0 Å². The van der Waals surface area contributed by atoms with E-state index in [4.69, 9.17) is 9.47 Å². The number of halogens is 1. The lowest BCUT2D eigenvalue weighted by Crippen LogP contribution is -2.42. The molecule has 2 unspecified atom stereocenters. The number of carbonyl (C=O) groups excluding carboxylic acids is 2.